The fourth-order valence-corrected chi connectivity index (χ4v) is 3.35. The van der Waals surface area contributed by atoms with Gasteiger partial charge in [-0.3, -0.25) is 6.66 Å². The summed E-state index contributed by atoms with van der Waals surface area (Å²) in [6, 6.07) is 2.02. The largest absolute Gasteiger partial charge is 0.387 e. The van der Waals surface area contributed by atoms with Gasteiger partial charge < -0.3 is 23.7 Å². The average Bonchev–Trinajstić information content (AvgIpc) is 2.71. The van der Waals surface area contributed by atoms with Gasteiger partial charge in [-0.05, 0) is 25.2 Å². The van der Waals surface area contributed by atoms with Crippen molar-refractivity contribution < 1.29 is 32.4 Å². The van der Waals surface area contributed by atoms with Crippen molar-refractivity contribution in [1.29, 1.82) is 0 Å². The van der Waals surface area contributed by atoms with Crippen LogP contribution in [-0.2, 0) is 18.6 Å². The Morgan fingerprint density at radius 2 is 2.04 bits per heavy atom. The van der Waals surface area contributed by atoms with E-state index in [4.69, 9.17) is 14.0 Å². The molecule has 0 aromatic heterocycles. The molecule has 23 heavy (non-hydrogen) atoms. The van der Waals surface area contributed by atoms with Crippen LogP contribution in [0.1, 0.15) is 17.2 Å². The SMILES string of the molecule is [CH2-]P(C)(=O)OC1[C@@H](COC)O[C@@H](c2cc(C)c(F)cc2F)[C@H]1O. The Morgan fingerprint density at radius 3 is 2.61 bits per heavy atom. The van der Waals surface area contributed by atoms with Crippen molar-refractivity contribution in [2.24, 2.45) is 0 Å². The van der Waals surface area contributed by atoms with Crippen molar-refractivity contribution in [3.8, 4) is 0 Å². The van der Waals surface area contributed by atoms with E-state index < -0.39 is 43.4 Å². The van der Waals surface area contributed by atoms with Crippen LogP contribution in [0.5, 0.6) is 0 Å². The maximum absolute atomic E-state index is 14.1. The molecule has 0 radical (unpaired) electrons. The summed E-state index contributed by atoms with van der Waals surface area (Å²) in [7, 11) is -1.73. The molecule has 1 N–H and O–H groups in total. The first-order valence-corrected chi connectivity index (χ1v) is 9.28. The molecule has 1 aliphatic rings. The van der Waals surface area contributed by atoms with Crippen molar-refractivity contribution in [3.63, 3.8) is 0 Å². The Hall–Kier alpha value is -0.850. The summed E-state index contributed by atoms with van der Waals surface area (Å²) in [5.74, 6) is -1.51. The summed E-state index contributed by atoms with van der Waals surface area (Å²) in [6.07, 6.45) is -4.10. The molecule has 1 aliphatic heterocycles. The third-order valence-corrected chi connectivity index (χ3v) is 4.28. The van der Waals surface area contributed by atoms with Gasteiger partial charge >= 0.3 is 0 Å². The number of aliphatic hydroxyl groups excluding tert-OH is 1. The van der Waals surface area contributed by atoms with Crippen LogP contribution >= 0.6 is 7.37 Å². The summed E-state index contributed by atoms with van der Waals surface area (Å²) in [5.41, 5.74) is 0.238. The first-order chi connectivity index (χ1) is 10.6. The third kappa shape index (κ3) is 4.17. The quantitative estimate of drug-likeness (QED) is 0.654. The van der Waals surface area contributed by atoms with E-state index in [0.29, 0.717) is 0 Å². The maximum atomic E-state index is 14.1. The van der Waals surface area contributed by atoms with Crippen LogP contribution in [0.3, 0.4) is 0 Å². The highest BCUT2D eigenvalue weighted by atomic mass is 31.2. The number of hydrogen-bond acceptors (Lipinski definition) is 5. The van der Waals surface area contributed by atoms with Gasteiger partial charge in [-0.2, -0.15) is 0 Å². The Balaban J connectivity index is 2.34. The van der Waals surface area contributed by atoms with Crippen LogP contribution < -0.4 is 0 Å². The zero-order chi connectivity index (χ0) is 17.4. The highest BCUT2D eigenvalue weighted by Crippen LogP contribution is 2.47. The molecule has 1 aromatic rings. The summed E-state index contributed by atoms with van der Waals surface area (Å²) in [4.78, 5) is 0. The molecule has 0 aliphatic carbocycles. The molecule has 5 atom stereocenters. The van der Waals surface area contributed by atoms with Crippen molar-refractivity contribution in [2.45, 2.75) is 31.3 Å². The monoisotopic (exact) mass is 349 g/mol. The lowest BCUT2D eigenvalue weighted by Crippen LogP contribution is -2.35. The number of methoxy groups -OCH3 is 1. The molecule has 8 heteroatoms. The molecule has 0 bridgehead atoms. The number of ether oxygens (including phenoxy) is 2. The number of benzene rings is 1. The molecular weight excluding hydrogens is 329 g/mol. The van der Waals surface area contributed by atoms with E-state index in [9.17, 15) is 18.5 Å². The Labute approximate surface area is 134 Å². The highest BCUT2D eigenvalue weighted by Gasteiger charge is 2.47. The molecule has 1 heterocycles. The second-order valence-electron chi connectivity index (χ2n) is 5.75. The Morgan fingerprint density at radius 1 is 1.39 bits per heavy atom. The van der Waals surface area contributed by atoms with Crippen LogP contribution in [-0.4, -0.2) is 43.8 Å². The first kappa shape index (κ1) is 18.5. The van der Waals surface area contributed by atoms with E-state index in [2.05, 4.69) is 6.66 Å². The van der Waals surface area contributed by atoms with Crippen LogP contribution in [0.2, 0.25) is 0 Å². The van der Waals surface area contributed by atoms with Crippen LogP contribution in [0.4, 0.5) is 8.78 Å². The maximum Gasteiger partial charge on any atom is 0.132 e. The summed E-state index contributed by atoms with van der Waals surface area (Å²) < 4.78 is 55.2. The normalized spacial score (nSPS) is 30.4. The number of halogens is 2. The standard InChI is InChI=1S/C15H20F2O5P/c1-8-5-9(11(17)6-10(8)16)14-13(18)15(22-23(3,4)19)12(21-14)7-20-2/h5-6,12-15,18H,3,7H2,1-2,4H3/q-1/t12-,13-,14+,15?,23?/m1/s1. The molecule has 0 saturated carbocycles. The highest BCUT2D eigenvalue weighted by molar-refractivity contribution is 7.59. The number of aliphatic hydroxyl groups is 1. The van der Waals surface area contributed by atoms with Gasteiger partial charge in [-0.25, -0.2) is 8.78 Å². The van der Waals surface area contributed by atoms with E-state index in [1.54, 1.807) is 0 Å². The molecule has 1 saturated heterocycles. The zero-order valence-corrected chi connectivity index (χ0v) is 14.1. The van der Waals surface area contributed by atoms with Crippen molar-refractivity contribution in [3.05, 3.63) is 41.6 Å². The second kappa shape index (κ2) is 6.95. The lowest BCUT2D eigenvalue weighted by Gasteiger charge is -2.26. The van der Waals surface area contributed by atoms with Crippen LogP contribution in [0, 0.1) is 25.2 Å². The molecule has 5 nitrogen and oxygen atoms in total. The molecule has 2 unspecified atom stereocenters. The van der Waals surface area contributed by atoms with Gasteiger partial charge in [0.15, 0.2) is 0 Å². The Bertz CT molecular complexity index is 618. The summed E-state index contributed by atoms with van der Waals surface area (Å²) in [5, 5.41) is 10.4. The summed E-state index contributed by atoms with van der Waals surface area (Å²) >= 11 is 0. The first-order valence-electron chi connectivity index (χ1n) is 7.02. The zero-order valence-electron chi connectivity index (χ0n) is 13.2. The van der Waals surface area contributed by atoms with E-state index >= 15 is 0 Å². The smallest absolute Gasteiger partial charge is 0.132 e. The van der Waals surface area contributed by atoms with Crippen molar-refractivity contribution >= 4 is 7.37 Å². The van der Waals surface area contributed by atoms with Gasteiger partial charge in [-0.15, -0.1) is 0 Å². The van der Waals surface area contributed by atoms with Crippen molar-refractivity contribution in [1.82, 2.24) is 0 Å². The fourth-order valence-electron chi connectivity index (χ4n) is 2.58. The van der Waals surface area contributed by atoms with Gasteiger partial charge in [0.1, 0.15) is 36.1 Å². The van der Waals surface area contributed by atoms with Gasteiger partial charge in [0.05, 0.1) is 14.0 Å². The van der Waals surface area contributed by atoms with Gasteiger partial charge in [-0.1, -0.05) is 0 Å². The molecule has 0 amide bonds. The summed E-state index contributed by atoms with van der Waals surface area (Å²) in [6.45, 7) is 6.25. The lowest BCUT2D eigenvalue weighted by atomic mass is 9.99. The average molecular weight is 349 g/mol. The minimum Gasteiger partial charge on any atom is -0.387 e. The topological polar surface area (TPSA) is 65.0 Å². The molecule has 1 fully saturated rings. The van der Waals surface area contributed by atoms with E-state index in [-0.39, 0.29) is 17.7 Å². The minimum absolute atomic E-state index is 0.0126. The number of aryl methyl sites for hydroxylation is 1. The van der Waals surface area contributed by atoms with Crippen LogP contribution in [0.15, 0.2) is 12.1 Å². The van der Waals surface area contributed by atoms with Gasteiger partial charge in [0.2, 0.25) is 0 Å². The molecule has 130 valence electrons. The van der Waals surface area contributed by atoms with E-state index in [0.717, 1.165) is 6.07 Å². The second-order valence-corrected chi connectivity index (χ2v) is 7.99. The molecular formula is C15H20F2O5P-. The molecule has 1 aromatic carbocycles. The predicted molar refractivity (Wildman–Crippen MR) is 80.4 cm³/mol. The fraction of sp³-hybridized carbons (Fsp3) is 0.533. The van der Waals surface area contributed by atoms with E-state index in [1.807, 2.05) is 0 Å². The van der Waals surface area contributed by atoms with Crippen LogP contribution in [0.25, 0.3) is 0 Å². The predicted octanol–water partition coefficient (Wildman–Crippen LogP) is 2.81. The number of rotatable bonds is 5. The lowest BCUT2D eigenvalue weighted by molar-refractivity contribution is -0.0300. The molecule has 0 spiro atoms. The minimum atomic E-state index is -3.16. The van der Waals surface area contributed by atoms with Crippen molar-refractivity contribution in [2.75, 3.05) is 20.4 Å². The molecule has 2 rings (SSSR count). The third-order valence-electron chi connectivity index (χ3n) is 3.59. The Kier molecular flexibility index (Phi) is 5.59. The van der Waals surface area contributed by atoms with E-state index in [1.165, 1.54) is 26.8 Å². The van der Waals surface area contributed by atoms with Gasteiger partial charge in [0, 0.05) is 18.7 Å². The number of hydrogen-bond donors (Lipinski definition) is 1. The van der Waals surface area contributed by atoms with Gasteiger partial charge in [0.25, 0.3) is 0 Å².